The van der Waals surface area contributed by atoms with Crippen LogP contribution in [0.15, 0.2) is 59.8 Å². The number of aromatic nitrogens is 4. The number of sulfone groups is 1. The molecule has 1 N–H and O–H groups in total. The highest BCUT2D eigenvalue weighted by atomic mass is 32.2. The molecule has 1 atom stereocenters. The molecule has 9 nitrogen and oxygen atoms in total. The van der Waals surface area contributed by atoms with Crippen molar-refractivity contribution in [1.29, 1.82) is 0 Å². The van der Waals surface area contributed by atoms with Crippen molar-refractivity contribution in [3.63, 3.8) is 0 Å². The van der Waals surface area contributed by atoms with E-state index >= 15 is 0 Å². The average Bonchev–Trinajstić information content (AvgIpc) is 3.12. The van der Waals surface area contributed by atoms with Crippen molar-refractivity contribution in [3.8, 4) is 22.6 Å². The molecule has 1 aromatic carbocycles. The first-order chi connectivity index (χ1) is 15.8. The molecule has 0 aliphatic rings. The Morgan fingerprint density at radius 3 is 2.52 bits per heavy atom. The number of aromatic amines is 1. The number of benzene rings is 1. The molecule has 0 unspecified atom stereocenters. The van der Waals surface area contributed by atoms with Gasteiger partial charge in [0.25, 0.3) is 0 Å². The van der Waals surface area contributed by atoms with Crippen LogP contribution >= 0.6 is 0 Å². The summed E-state index contributed by atoms with van der Waals surface area (Å²) in [6.07, 6.45) is 6.14. The summed E-state index contributed by atoms with van der Waals surface area (Å²) in [5, 5.41) is 0. The van der Waals surface area contributed by atoms with Crippen molar-refractivity contribution < 1.29 is 17.9 Å². The summed E-state index contributed by atoms with van der Waals surface area (Å²) >= 11 is 0. The van der Waals surface area contributed by atoms with Crippen LogP contribution in [0.25, 0.3) is 22.3 Å². The Morgan fingerprint density at radius 2 is 1.85 bits per heavy atom. The fourth-order valence-electron chi connectivity index (χ4n) is 3.78. The van der Waals surface area contributed by atoms with Gasteiger partial charge in [-0.3, -0.25) is 9.55 Å². The fourth-order valence-corrected chi connectivity index (χ4v) is 4.70. The van der Waals surface area contributed by atoms with Crippen LogP contribution in [0.3, 0.4) is 0 Å². The van der Waals surface area contributed by atoms with Gasteiger partial charge in [-0.1, -0.05) is 6.07 Å². The Balaban J connectivity index is 1.88. The number of methoxy groups -OCH3 is 1. The van der Waals surface area contributed by atoms with E-state index in [0.717, 1.165) is 17.4 Å². The SMILES string of the molecule is CCOc1cc([C@H](CS(C)(=O)=O)n2c(=O)[nH]c3cc(-c4ccncc4)cnc32)ccc1OC. The van der Waals surface area contributed by atoms with Gasteiger partial charge in [-0.2, -0.15) is 0 Å². The number of pyridine rings is 2. The number of ether oxygens (including phenoxy) is 2. The molecule has 4 aromatic rings. The Morgan fingerprint density at radius 1 is 1.09 bits per heavy atom. The van der Waals surface area contributed by atoms with E-state index in [2.05, 4.69) is 15.0 Å². The molecule has 0 amide bonds. The number of hydrogen-bond acceptors (Lipinski definition) is 7. The molecule has 3 heterocycles. The zero-order valence-electron chi connectivity index (χ0n) is 18.5. The van der Waals surface area contributed by atoms with E-state index in [1.165, 1.54) is 11.7 Å². The van der Waals surface area contributed by atoms with Gasteiger partial charge in [0.15, 0.2) is 17.1 Å². The quantitative estimate of drug-likeness (QED) is 0.423. The largest absolute Gasteiger partial charge is 0.493 e. The van der Waals surface area contributed by atoms with Crippen LogP contribution in [0.1, 0.15) is 18.5 Å². The van der Waals surface area contributed by atoms with Gasteiger partial charge >= 0.3 is 5.69 Å². The summed E-state index contributed by atoms with van der Waals surface area (Å²) < 4.78 is 37.0. The molecule has 4 rings (SSSR count). The van der Waals surface area contributed by atoms with Gasteiger partial charge in [-0.15, -0.1) is 0 Å². The second-order valence-electron chi connectivity index (χ2n) is 7.58. The second kappa shape index (κ2) is 9.07. The van der Waals surface area contributed by atoms with Gasteiger partial charge < -0.3 is 14.5 Å². The monoisotopic (exact) mass is 468 g/mol. The predicted octanol–water partition coefficient (Wildman–Crippen LogP) is 2.83. The zero-order chi connectivity index (χ0) is 23.6. The van der Waals surface area contributed by atoms with Crippen molar-refractivity contribution in [1.82, 2.24) is 19.5 Å². The van der Waals surface area contributed by atoms with Crippen molar-refractivity contribution in [2.45, 2.75) is 13.0 Å². The Labute approximate surface area is 191 Å². The maximum atomic E-state index is 13.0. The molecular formula is C23H24N4O5S. The van der Waals surface area contributed by atoms with Crippen molar-refractivity contribution in [2.24, 2.45) is 0 Å². The first-order valence-electron chi connectivity index (χ1n) is 10.3. The number of rotatable bonds is 8. The minimum Gasteiger partial charge on any atom is -0.493 e. The normalized spacial score (nSPS) is 12.6. The molecule has 0 aliphatic heterocycles. The van der Waals surface area contributed by atoms with Crippen LogP contribution in [0, 0.1) is 0 Å². The fraction of sp³-hybridized carbons (Fsp3) is 0.261. The summed E-state index contributed by atoms with van der Waals surface area (Å²) in [5.41, 5.74) is 2.71. The minimum absolute atomic E-state index is 0.286. The molecule has 0 fully saturated rings. The molecular weight excluding hydrogens is 444 g/mol. The van der Waals surface area contributed by atoms with Crippen LogP contribution in [0.2, 0.25) is 0 Å². The molecule has 0 aliphatic carbocycles. The smallest absolute Gasteiger partial charge is 0.328 e. The lowest BCUT2D eigenvalue weighted by Gasteiger charge is -2.20. The standard InChI is InChI=1S/C23H24N4O5S/c1-4-32-21-12-16(5-6-20(21)31-2)19(14-33(3,29)30)27-22-18(26-23(27)28)11-17(13-25-22)15-7-9-24-10-8-15/h5-13,19H,4,14H2,1-3H3,(H,26,28)/t19-/m0/s1. The van der Waals surface area contributed by atoms with Gasteiger partial charge in [0.1, 0.15) is 9.84 Å². The summed E-state index contributed by atoms with van der Waals surface area (Å²) in [6, 6.07) is 9.82. The van der Waals surface area contributed by atoms with E-state index < -0.39 is 21.6 Å². The molecule has 172 valence electrons. The van der Waals surface area contributed by atoms with E-state index in [9.17, 15) is 13.2 Å². The maximum Gasteiger partial charge on any atom is 0.328 e. The highest BCUT2D eigenvalue weighted by Crippen LogP contribution is 2.33. The average molecular weight is 469 g/mol. The van der Waals surface area contributed by atoms with Crippen LogP contribution in [0.4, 0.5) is 0 Å². The number of hydrogen-bond donors (Lipinski definition) is 1. The lowest BCUT2D eigenvalue weighted by atomic mass is 10.1. The highest BCUT2D eigenvalue weighted by molar-refractivity contribution is 7.90. The molecule has 0 bridgehead atoms. The molecule has 0 radical (unpaired) electrons. The number of imidazole rings is 1. The van der Waals surface area contributed by atoms with Crippen molar-refractivity contribution in [3.05, 3.63) is 71.0 Å². The minimum atomic E-state index is -3.46. The van der Waals surface area contributed by atoms with Crippen LogP contribution in [-0.2, 0) is 9.84 Å². The van der Waals surface area contributed by atoms with E-state index in [4.69, 9.17) is 9.47 Å². The topological polar surface area (TPSA) is 116 Å². The lowest BCUT2D eigenvalue weighted by molar-refractivity contribution is 0.310. The second-order valence-corrected chi connectivity index (χ2v) is 9.77. The third-order valence-electron chi connectivity index (χ3n) is 5.21. The predicted molar refractivity (Wildman–Crippen MR) is 126 cm³/mol. The highest BCUT2D eigenvalue weighted by Gasteiger charge is 2.25. The molecule has 3 aromatic heterocycles. The van der Waals surface area contributed by atoms with Crippen LogP contribution in [0.5, 0.6) is 11.5 Å². The number of H-pyrrole nitrogens is 1. The first-order valence-corrected chi connectivity index (χ1v) is 12.4. The van der Waals surface area contributed by atoms with Crippen molar-refractivity contribution in [2.75, 3.05) is 25.7 Å². The Kier molecular flexibility index (Phi) is 6.19. The molecule has 0 saturated heterocycles. The number of nitrogens with zero attached hydrogens (tertiary/aromatic N) is 3. The van der Waals surface area contributed by atoms with E-state index in [1.807, 2.05) is 25.1 Å². The maximum absolute atomic E-state index is 13.0. The van der Waals surface area contributed by atoms with Gasteiger partial charge in [-0.25, -0.2) is 18.2 Å². The van der Waals surface area contributed by atoms with Gasteiger partial charge in [-0.05, 0) is 48.4 Å². The van der Waals surface area contributed by atoms with Gasteiger partial charge in [0.2, 0.25) is 0 Å². The zero-order valence-corrected chi connectivity index (χ0v) is 19.3. The summed E-state index contributed by atoms with van der Waals surface area (Å²) in [6.45, 7) is 2.25. The van der Waals surface area contributed by atoms with Crippen molar-refractivity contribution >= 4 is 21.0 Å². The third-order valence-corrected chi connectivity index (χ3v) is 6.13. The molecule has 33 heavy (non-hydrogen) atoms. The van der Waals surface area contributed by atoms with E-state index in [-0.39, 0.29) is 5.75 Å². The van der Waals surface area contributed by atoms with E-state index in [0.29, 0.717) is 34.8 Å². The molecule has 10 heteroatoms. The van der Waals surface area contributed by atoms with Gasteiger partial charge in [0, 0.05) is 30.4 Å². The van der Waals surface area contributed by atoms with E-state index in [1.54, 1.807) is 36.8 Å². The van der Waals surface area contributed by atoms with Crippen LogP contribution < -0.4 is 15.2 Å². The number of nitrogens with one attached hydrogen (secondary N) is 1. The summed E-state index contributed by atoms with van der Waals surface area (Å²) in [4.78, 5) is 24.4. The molecule has 0 saturated carbocycles. The van der Waals surface area contributed by atoms with Gasteiger partial charge in [0.05, 0.1) is 31.0 Å². The molecule has 0 spiro atoms. The third kappa shape index (κ3) is 4.75. The Bertz CT molecular complexity index is 1440. The first kappa shape index (κ1) is 22.5. The summed E-state index contributed by atoms with van der Waals surface area (Å²) in [5.74, 6) is 0.702. The number of fused-ring (bicyclic) bond motifs is 1. The van der Waals surface area contributed by atoms with Crippen LogP contribution in [-0.4, -0.2) is 53.7 Å². The summed E-state index contributed by atoms with van der Waals surface area (Å²) in [7, 11) is -1.93. The lowest BCUT2D eigenvalue weighted by Crippen LogP contribution is -2.28. The Hall–Kier alpha value is -3.66.